The Morgan fingerprint density at radius 2 is 2.24 bits per heavy atom. The van der Waals surface area contributed by atoms with Gasteiger partial charge in [-0.15, -0.1) is 0 Å². The first kappa shape index (κ1) is 14.0. The number of halogens is 1. The highest BCUT2D eigenvalue weighted by atomic mass is 19.1. The molecule has 1 aromatic heterocycles. The molecule has 0 saturated heterocycles. The van der Waals surface area contributed by atoms with E-state index in [-0.39, 0.29) is 12.4 Å². The highest BCUT2D eigenvalue weighted by Crippen LogP contribution is 2.38. The molecule has 0 aliphatic heterocycles. The smallest absolute Gasteiger partial charge is 0.229 e. The summed E-state index contributed by atoms with van der Waals surface area (Å²) in [7, 11) is 0. The van der Waals surface area contributed by atoms with Crippen LogP contribution >= 0.6 is 0 Å². The van der Waals surface area contributed by atoms with Crippen LogP contribution in [-0.4, -0.2) is 16.7 Å². The molecule has 2 aromatic rings. The van der Waals surface area contributed by atoms with Crippen molar-refractivity contribution in [2.75, 3.05) is 6.54 Å². The van der Waals surface area contributed by atoms with Gasteiger partial charge in [-0.25, -0.2) is 4.39 Å². The third-order valence-corrected chi connectivity index (χ3v) is 3.29. The average Bonchev–Trinajstić information content (AvgIpc) is 3.21. The number of hydrogen-bond acceptors (Lipinski definition) is 5. The number of benzene rings is 1. The minimum Gasteiger partial charge on any atom is -0.485 e. The molecular weight excluding hydrogens is 273 g/mol. The van der Waals surface area contributed by atoms with E-state index >= 15 is 0 Å². The molecule has 0 bridgehead atoms. The maximum atomic E-state index is 13.5. The van der Waals surface area contributed by atoms with Crippen LogP contribution in [0.4, 0.5) is 4.39 Å². The Labute approximate surface area is 122 Å². The Hall–Kier alpha value is -1.95. The van der Waals surface area contributed by atoms with E-state index in [2.05, 4.69) is 15.5 Å². The Morgan fingerprint density at radius 1 is 1.38 bits per heavy atom. The molecule has 0 amide bonds. The molecule has 1 saturated carbocycles. The van der Waals surface area contributed by atoms with E-state index in [4.69, 9.17) is 9.26 Å². The molecule has 1 heterocycles. The van der Waals surface area contributed by atoms with E-state index in [1.165, 1.54) is 12.1 Å². The van der Waals surface area contributed by atoms with E-state index in [1.807, 2.05) is 13.0 Å². The monoisotopic (exact) mass is 291 g/mol. The quantitative estimate of drug-likeness (QED) is 0.850. The second-order valence-electron chi connectivity index (χ2n) is 5.19. The zero-order valence-electron chi connectivity index (χ0n) is 11.9. The maximum Gasteiger partial charge on any atom is 0.229 e. The van der Waals surface area contributed by atoms with Crippen molar-refractivity contribution in [1.82, 2.24) is 15.5 Å². The second-order valence-corrected chi connectivity index (χ2v) is 5.19. The van der Waals surface area contributed by atoms with E-state index in [0.29, 0.717) is 29.9 Å². The first-order valence-corrected chi connectivity index (χ1v) is 7.20. The molecule has 3 rings (SSSR count). The van der Waals surface area contributed by atoms with E-state index in [9.17, 15) is 4.39 Å². The van der Waals surface area contributed by atoms with Crippen LogP contribution in [0.3, 0.4) is 0 Å². The number of hydrogen-bond donors (Lipinski definition) is 1. The number of ether oxygens (including phenoxy) is 1. The summed E-state index contributed by atoms with van der Waals surface area (Å²) in [6.45, 7) is 3.63. The highest BCUT2D eigenvalue weighted by molar-refractivity contribution is 5.29. The standard InChI is InChI=1S/C15H18FN3O2/c1-2-17-8-10-5-12(16)7-13(6-10)20-9-14-18-15(21-19-14)11-3-4-11/h5-7,11,17H,2-4,8-9H2,1H3. The Morgan fingerprint density at radius 3 is 3.00 bits per heavy atom. The Kier molecular flexibility index (Phi) is 4.15. The van der Waals surface area contributed by atoms with Gasteiger partial charge in [0.1, 0.15) is 11.6 Å². The van der Waals surface area contributed by atoms with Crippen molar-refractivity contribution in [3.05, 3.63) is 41.3 Å². The SMILES string of the molecule is CCNCc1cc(F)cc(OCc2noc(C3CC3)n2)c1. The third-order valence-electron chi connectivity index (χ3n) is 3.29. The number of nitrogens with zero attached hydrogens (tertiary/aromatic N) is 2. The summed E-state index contributed by atoms with van der Waals surface area (Å²) in [5, 5.41) is 7.02. The third kappa shape index (κ3) is 3.78. The van der Waals surface area contributed by atoms with E-state index < -0.39 is 0 Å². The molecule has 21 heavy (non-hydrogen) atoms. The van der Waals surface area contributed by atoms with Crippen molar-refractivity contribution < 1.29 is 13.7 Å². The van der Waals surface area contributed by atoms with Crippen molar-refractivity contribution in [3.63, 3.8) is 0 Å². The Balaban J connectivity index is 1.61. The van der Waals surface area contributed by atoms with Crippen LogP contribution < -0.4 is 10.1 Å². The molecule has 1 aromatic carbocycles. The minimum atomic E-state index is -0.313. The normalized spacial score (nSPS) is 14.4. The van der Waals surface area contributed by atoms with Crippen molar-refractivity contribution >= 4 is 0 Å². The summed E-state index contributed by atoms with van der Waals surface area (Å²) in [5.74, 6) is 1.76. The maximum absolute atomic E-state index is 13.5. The fraction of sp³-hybridized carbons (Fsp3) is 0.467. The average molecular weight is 291 g/mol. The van der Waals surface area contributed by atoms with Gasteiger partial charge in [0, 0.05) is 18.5 Å². The van der Waals surface area contributed by atoms with Crippen LogP contribution in [0.1, 0.15) is 43.0 Å². The molecule has 0 unspecified atom stereocenters. The minimum absolute atomic E-state index is 0.181. The van der Waals surface area contributed by atoms with Gasteiger partial charge in [-0.2, -0.15) is 4.98 Å². The highest BCUT2D eigenvalue weighted by Gasteiger charge is 2.29. The van der Waals surface area contributed by atoms with Gasteiger partial charge >= 0.3 is 0 Å². The van der Waals surface area contributed by atoms with Crippen molar-refractivity contribution in [2.24, 2.45) is 0 Å². The van der Waals surface area contributed by atoms with Crippen LogP contribution in [0.2, 0.25) is 0 Å². The van der Waals surface area contributed by atoms with Gasteiger partial charge in [0.15, 0.2) is 6.61 Å². The molecule has 6 heteroatoms. The summed E-state index contributed by atoms with van der Waals surface area (Å²) in [6.07, 6.45) is 2.22. The predicted molar refractivity (Wildman–Crippen MR) is 74.4 cm³/mol. The van der Waals surface area contributed by atoms with Gasteiger partial charge in [-0.3, -0.25) is 0 Å². The molecule has 0 atom stereocenters. The van der Waals surface area contributed by atoms with E-state index in [0.717, 1.165) is 24.9 Å². The predicted octanol–water partition coefficient (Wildman–Crippen LogP) is 2.77. The van der Waals surface area contributed by atoms with Crippen molar-refractivity contribution in [2.45, 2.75) is 38.8 Å². The first-order valence-electron chi connectivity index (χ1n) is 7.20. The Bertz CT molecular complexity index is 611. The molecule has 1 aliphatic rings. The van der Waals surface area contributed by atoms with E-state index in [1.54, 1.807) is 0 Å². The molecule has 112 valence electrons. The fourth-order valence-corrected chi connectivity index (χ4v) is 2.05. The van der Waals surface area contributed by atoms with Gasteiger partial charge < -0.3 is 14.6 Å². The molecule has 5 nitrogen and oxygen atoms in total. The molecule has 1 fully saturated rings. The van der Waals surface area contributed by atoms with Gasteiger partial charge in [-0.05, 0) is 37.1 Å². The topological polar surface area (TPSA) is 60.2 Å². The van der Waals surface area contributed by atoms with Crippen LogP contribution in [-0.2, 0) is 13.2 Å². The summed E-state index contributed by atoms with van der Waals surface area (Å²) in [4.78, 5) is 4.27. The zero-order valence-corrected chi connectivity index (χ0v) is 11.9. The van der Waals surface area contributed by atoms with Crippen LogP contribution in [0.15, 0.2) is 22.7 Å². The molecule has 0 radical (unpaired) electrons. The first-order chi connectivity index (χ1) is 10.2. The van der Waals surface area contributed by atoms with Crippen LogP contribution in [0.25, 0.3) is 0 Å². The zero-order chi connectivity index (χ0) is 14.7. The number of rotatable bonds is 7. The fourth-order valence-electron chi connectivity index (χ4n) is 2.05. The van der Waals surface area contributed by atoms with Crippen LogP contribution in [0, 0.1) is 5.82 Å². The lowest BCUT2D eigenvalue weighted by molar-refractivity contribution is 0.283. The lowest BCUT2D eigenvalue weighted by Crippen LogP contribution is -2.12. The van der Waals surface area contributed by atoms with Gasteiger partial charge in [0.05, 0.1) is 0 Å². The van der Waals surface area contributed by atoms with Gasteiger partial charge in [0.2, 0.25) is 11.7 Å². The number of nitrogens with one attached hydrogen (secondary N) is 1. The largest absolute Gasteiger partial charge is 0.485 e. The summed E-state index contributed by atoms with van der Waals surface area (Å²) >= 11 is 0. The molecule has 1 N–H and O–H groups in total. The second kappa shape index (κ2) is 6.22. The molecule has 1 aliphatic carbocycles. The summed E-state index contributed by atoms with van der Waals surface area (Å²) in [5.41, 5.74) is 0.846. The molecular formula is C15H18FN3O2. The lowest BCUT2D eigenvalue weighted by atomic mass is 10.2. The van der Waals surface area contributed by atoms with Crippen LogP contribution in [0.5, 0.6) is 5.75 Å². The molecule has 0 spiro atoms. The lowest BCUT2D eigenvalue weighted by Gasteiger charge is -2.07. The van der Waals surface area contributed by atoms with Crippen molar-refractivity contribution in [1.29, 1.82) is 0 Å². The summed E-state index contributed by atoms with van der Waals surface area (Å²) < 4.78 is 24.2. The van der Waals surface area contributed by atoms with Crippen molar-refractivity contribution in [3.8, 4) is 5.75 Å². The van der Waals surface area contributed by atoms with Gasteiger partial charge in [-0.1, -0.05) is 12.1 Å². The summed E-state index contributed by atoms with van der Waals surface area (Å²) in [6, 6.07) is 4.67. The van der Waals surface area contributed by atoms with Gasteiger partial charge in [0.25, 0.3) is 0 Å². The number of aromatic nitrogens is 2.